The molecule has 11 heteroatoms. The Bertz CT molecular complexity index is 1330. The zero-order valence-corrected chi connectivity index (χ0v) is 21.7. The number of carboxylic acids is 2. The van der Waals surface area contributed by atoms with Crippen molar-refractivity contribution >= 4 is 29.5 Å². The Balaban J connectivity index is 1.58. The van der Waals surface area contributed by atoms with E-state index in [4.69, 9.17) is 20.5 Å². The number of aromatic nitrogens is 1. The van der Waals surface area contributed by atoms with Crippen LogP contribution in [0.1, 0.15) is 44.3 Å². The molecule has 0 aliphatic heterocycles. The zero-order valence-electron chi connectivity index (χ0n) is 21.7. The van der Waals surface area contributed by atoms with E-state index in [1.54, 1.807) is 6.07 Å². The summed E-state index contributed by atoms with van der Waals surface area (Å²) in [6.07, 6.45) is -1.35. The van der Waals surface area contributed by atoms with Crippen molar-refractivity contribution in [3.63, 3.8) is 0 Å². The fourth-order valence-electron chi connectivity index (χ4n) is 4.14. The Morgan fingerprint density at radius 1 is 0.825 bits per heavy atom. The number of nitrogens with zero attached hydrogens (tertiary/aromatic N) is 1. The number of benzene rings is 2. The summed E-state index contributed by atoms with van der Waals surface area (Å²) in [6, 6.07) is 18.3. The Morgan fingerprint density at radius 2 is 1.43 bits per heavy atom. The number of carbonyl (C=O) groups excluding carboxylic acids is 3. The number of ketones is 1. The lowest BCUT2D eigenvalue weighted by atomic mass is 9.92. The molecule has 5 N–H and O–H groups in total. The van der Waals surface area contributed by atoms with Crippen LogP contribution in [0.3, 0.4) is 0 Å². The molecule has 11 nitrogen and oxygen atoms in total. The fraction of sp³-hybridized carbons (Fsp3) is 0.310. The molecule has 210 valence electrons. The largest absolute Gasteiger partial charge is 0.481 e. The van der Waals surface area contributed by atoms with Gasteiger partial charge in [0.25, 0.3) is 0 Å². The average molecular weight is 550 g/mol. The van der Waals surface area contributed by atoms with Gasteiger partial charge in [0.2, 0.25) is 11.8 Å². The molecule has 1 aromatic heterocycles. The molecule has 2 amide bonds. The topological polar surface area (TPSA) is 190 Å². The first-order valence-electron chi connectivity index (χ1n) is 12.8. The highest BCUT2D eigenvalue weighted by Crippen LogP contribution is 2.25. The Hall–Kier alpha value is -4.80. The number of nitrogens with one attached hydrogen (secondary N) is 1. The molecule has 2 aromatic carbocycles. The molecule has 40 heavy (non-hydrogen) atoms. The van der Waals surface area contributed by atoms with E-state index < -0.39 is 47.9 Å². The van der Waals surface area contributed by atoms with Crippen LogP contribution in [0, 0.1) is 5.92 Å². The van der Waals surface area contributed by atoms with Crippen molar-refractivity contribution in [3.8, 4) is 22.4 Å². The molecule has 0 saturated heterocycles. The SMILES string of the molecule is NC(=O)[C@H](CCC(=O)O)CC(=O)[C@H](CCC(=O)O)NC(=O)CCc1cc(-c2ccc(-c3ccccc3)cc2)no1. The highest BCUT2D eigenvalue weighted by molar-refractivity contribution is 5.92. The number of primary amides is 1. The Morgan fingerprint density at radius 3 is 2.05 bits per heavy atom. The third kappa shape index (κ3) is 9.19. The summed E-state index contributed by atoms with van der Waals surface area (Å²) in [5.41, 5.74) is 8.89. The first-order valence-corrected chi connectivity index (χ1v) is 12.8. The van der Waals surface area contributed by atoms with E-state index in [1.807, 2.05) is 54.6 Å². The van der Waals surface area contributed by atoms with Gasteiger partial charge in [-0.05, 0) is 24.0 Å². The van der Waals surface area contributed by atoms with Crippen LogP contribution in [0.15, 0.2) is 65.2 Å². The number of aliphatic carboxylic acids is 2. The van der Waals surface area contributed by atoms with Crippen LogP contribution in [0.2, 0.25) is 0 Å². The predicted molar refractivity (Wildman–Crippen MR) is 144 cm³/mol. The van der Waals surface area contributed by atoms with E-state index >= 15 is 0 Å². The summed E-state index contributed by atoms with van der Waals surface area (Å²) in [4.78, 5) is 59.0. The van der Waals surface area contributed by atoms with E-state index in [2.05, 4.69) is 10.5 Å². The predicted octanol–water partition coefficient (Wildman–Crippen LogP) is 3.22. The summed E-state index contributed by atoms with van der Waals surface area (Å²) >= 11 is 0. The number of hydrogen-bond acceptors (Lipinski definition) is 7. The van der Waals surface area contributed by atoms with Crippen molar-refractivity contribution in [3.05, 3.63) is 66.4 Å². The number of carboxylic acid groups (broad SMARTS) is 2. The molecular formula is C29H31N3O8. The van der Waals surface area contributed by atoms with Gasteiger partial charge in [-0.2, -0.15) is 0 Å². The zero-order chi connectivity index (χ0) is 29.1. The van der Waals surface area contributed by atoms with Gasteiger partial charge in [-0.3, -0.25) is 24.0 Å². The molecule has 3 aromatic rings. The number of rotatable bonds is 16. The van der Waals surface area contributed by atoms with Crippen LogP contribution in [-0.4, -0.2) is 50.9 Å². The molecular weight excluding hydrogens is 518 g/mol. The average Bonchev–Trinajstić information content (AvgIpc) is 3.41. The van der Waals surface area contributed by atoms with Crippen molar-refractivity contribution < 1.29 is 38.7 Å². The molecule has 2 atom stereocenters. The Labute approximate surface area is 230 Å². The van der Waals surface area contributed by atoms with E-state index in [-0.39, 0.29) is 38.5 Å². The molecule has 0 bridgehead atoms. The third-order valence-corrected chi connectivity index (χ3v) is 6.37. The second kappa shape index (κ2) is 14.4. The third-order valence-electron chi connectivity index (χ3n) is 6.37. The van der Waals surface area contributed by atoms with Crippen LogP contribution < -0.4 is 11.1 Å². The molecule has 1 heterocycles. The van der Waals surface area contributed by atoms with E-state index in [0.717, 1.165) is 16.7 Å². The van der Waals surface area contributed by atoms with Gasteiger partial charge in [-0.15, -0.1) is 0 Å². The van der Waals surface area contributed by atoms with Gasteiger partial charge in [0.1, 0.15) is 11.5 Å². The molecule has 0 unspecified atom stereocenters. The van der Waals surface area contributed by atoms with Gasteiger partial charge in [-0.25, -0.2) is 0 Å². The normalized spacial score (nSPS) is 12.3. The van der Waals surface area contributed by atoms with Crippen molar-refractivity contribution in [2.24, 2.45) is 11.7 Å². The molecule has 0 fully saturated rings. The van der Waals surface area contributed by atoms with Crippen LogP contribution in [-0.2, 0) is 30.4 Å². The minimum atomic E-state index is -1.16. The van der Waals surface area contributed by atoms with E-state index in [1.165, 1.54) is 0 Å². The van der Waals surface area contributed by atoms with Gasteiger partial charge in [0.05, 0.1) is 6.04 Å². The molecule has 0 saturated carbocycles. The van der Waals surface area contributed by atoms with E-state index in [9.17, 15) is 24.0 Å². The quantitative estimate of drug-likeness (QED) is 0.208. The lowest BCUT2D eigenvalue weighted by Crippen LogP contribution is -2.43. The van der Waals surface area contributed by atoms with Gasteiger partial charge in [0.15, 0.2) is 5.78 Å². The molecule has 3 rings (SSSR count). The number of Topliss-reactive ketones (excluding diaryl/α,β-unsaturated/α-hetero) is 1. The lowest BCUT2D eigenvalue weighted by molar-refractivity contribution is -0.139. The van der Waals surface area contributed by atoms with Crippen LogP contribution >= 0.6 is 0 Å². The summed E-state index contributed by atoms with van der Waals surface area (Å²) in [7, 11) is 0. The maximum absolute atomic E-state index is 12.8. The first kappa shape index (κ1) is 29.8. The van der Waals surface area contributed by atoms with Gasteiger partial charge in [-0.1, -0.05) is 59.8 Å². The fourth-order valence-corrected chi connectivity index (χ4v) is 4.14. The van der Waals surface area contributed by atoms with Crippen molar-refractivity contribution in [1.82, 2.24) is 10.5 Å². The maximum atomic E-state index is 12.8. The van der Waals surface area contributed by atoms with Crippen LogP contribution in [0.25, 0.3) is 22.4 Å². The number of carbonyl (C=O) groups is 5. The number of nitrogens with two attached hydrogens (primary N) is 1. The standard InChI is InChI=1S/C29H31N3O8/c30-29(39)21(10-14-27(35)36)16-25(33)23(12-15-28(37)38)31-26(34)13-11-22-17-24(32-40-22)20-8-6-19(7-9-20)18-4-2-1-3-5-18/h1-9,17,21,23H,10-16H2,(H2,30,39)(H,31,34)(H,35,36)(H,37,38)/t21-,23+/m1/s1. The Kier molecular flexibility index (Phi) is 10.7. The monoisotopic (exact) mass is 549 g/mol. The summed E-state index contributed by atoms with van der Waals surface area (Å²) < 4.78 is 5.37. The second-order valence-electron chi connectivity index (χ2n) is 9.38. The van der Waals surface area contributed by atoms with Crippen molar-refractivity contribution in [2.75, 3.05) is 0 Å². The lowest BCUT2D eigenvalue weighted by Gasteiger charge is -2.19. The molecule has 0 radical (unpaired) electrons. The highest BCUT2D eigenvalue weighted by atomic mass is 16.5. The first-order chi connectivity index (χ1) is 19.1. The number of hydrogen-bond donors (Lipinski definition) is 4. The minimum Gasteiger partial charge on any atom is -0.481 e. The van der Waals surface area contributed by atoms with Crippen LogP contribution in [0.5, 0.6) is 0 Å². The molecule has 0 aliphatic rings. The van der Waals surface area contributed by atoms with Crippen LogP contribution in [0.4, 0.5) is 0 Å². The summed E-state index contributed by atoms with van der Waals surface area (Å²) in [5.74, 6) is -4.84. The molecule has 0 spiro atoms. The van der Waals surface area contributed by atoms with Gasteiger partial charge >= 0.3 is 11.9 Å². The van der Waals surface area contributed by atoms with Crippen molar-refractivity contribution in [1.29, 1.82) is 0 Å². The summed E-state index contributed by atoms with van der Waals surface area (Å²) in [6.45, 7) is 0. The van der Waals surface area contributed by atoms with E-state index in [0.29, 0.717) is 11.5 Å². The van der Waals surface area contributed by atoms with Gasteiger partial charge < -0.3 is 25.8 Å². The second-order valence-corrected chi connectivity index (χ2v) is 9.38. The molecule has 0 aliphatic carbocycles. The number of aryl methyl sites for hydroxylation is 1. The maximum Gasteiger partial charge on any atom is 0.303 e. The number of amides is 2. The highest BCUT2D eigenvalue weighted by Gasteiger charge is 2.27. The van der Waals surface area contributed by atoms with Gasteiger partial charge in [0, 0.05) is 49.7 Å². The smallest absolute Gasteiger partial charge is 0.303 e. The minimum absolute atomic E-state index is 0.0588. The summed E-state index contributed by atoms with van der Waals surface area (Å²) in [5, 5.41) is 24.5. The van der Waals surface area contributed by atoms with Crippen molar-refractivity contribution in [2.45, 2.75) is 51.0 Å².